The molecule has 1 aromatic carbocycles. The third-order valence-electron chi connectivity index (χ3n) is 5.60. The number of anilines is 1. The average molecular weight is 402 g/mol. The molecule has 1 aromatic heterocycles. The Bertz CT molecular complexity index is 939. The fourth-order valence-electron chi connectivity index (χ4n) is 3.89. The lowest BCUT2D eigenvalue weighted by Crippen LogP contribution is -2.48. The van der Waals surface area contributed by atoms with Gasteiger partial charge in [0.15, 0.2) is 5.13 Å². The summed E-state index contributed by atoms with van der Waals surface area (Å²) in [5.41, 5.74) is 5.63. The van der Waals surface area contributed by atoms with Crippen LogP contribution in [0.15, 0.2) is 17.5 Å². The molecule has 7 heteroatoms. The molecule has 4 rings (SSSR count). The Morgan fingerprint density at radius 1 is 1.26 bits per heavy atom. The van der Waals surface area contributed by atoms with E-state index in [0.717, 1.165) is 17.7 Å². The van der Waals surface area contributed by atoms with Gasteiger partial charge < -0.3 is 10.2 Å². The van der Waals surface area contributed by atoms with Gasteiger partial charge in [0, 0.05) is 23.1 Å². The van der Waals surface area contributed by atoms with Crippen molar-refractivity contribution >= 4 is 40.0 Å². The van der Waals surface area contributed by atoms with E-state index in [-0.39, 0.29) is 16.7 Å². The number of nitrogens with one attached hydrogen (secondary N) is 1. The fourth-order valence-corrected chi connectivity index (χ4v) is 6.04. The van der Waals surface area contributed by atoms with Crippen LogP contribution in [0, 0.1) is 20.8 Å². The minimum absolute atomic E-state index is 0.0771. The number of benzene rings is 1. The Hall–Kier alpha value is -1.86. The van der Waals surface area contributed by atoms with Gasteiger partial charge in [0.25, 0.3) is 0 Å². The number of amides is 2. The SMILES string of the molecule is Cc1cc(C)c(-c2csc(NC(=O)[C@@H]3CS[C@@]4(C)CCC(=O)N34)n2)cc1C. The monoisotopic (exact) mass is 401 g/mol. The molecule has 27 heavy (non-hydrogen) atoms. The summed E-state index contributed by atoms with van der Waals surface area (Å²) < 4.78 is 0. The molecule has 3 heterocycles. The van der Waals surface area contributed by atoms with Gasteiger partial charge in [-0.15, -0.1) is 23.1 Å². The first-order valence-electron chi connectivity index (χ1n) is 9.09. The van der Waals surface area contributed by atoms with Gasteiger partial charge in [-0.25, -0.2) is 4.98 Å². The maximum atomic E-state index is 12.8. The Labute approximate surface area is 167 Å². The molecule has 2 aliphatic heterocycles. The van der Waals surface area contributed by atoms with Crippen LogP contribution in [0.25, 0.3) is 11.3 Å². The standard InChI is InChI=1S/C20H23N3O2S2/c1-11-7-13(3)14(8-12(11)2)15-9-26-19(21-15)22-18(25)16-10-27-20(4)6-5-17(24)23(16)20/h7-9,16H,5-6,10H2,1-4H3,(H,21,22,25)/t16-,20-/m0/s1. The lowest BCUT2D eigenvalue weighted by atomic mass is 9.99. The topological polar surface area (TPSA) is 62.3 Å². The highest BCUT2D eigenvalue weighted by atomic mass is 32.2. The molecule has 2 saturated heterocycles. The number of thiazole rings is 1. The van der Waals surface area contributed by atoms with Crippen molar-refractivity contribution in [2.45, 2.75) is 51.4 Å². The van der Waals surface area contributed by atoms with Gasteiger partial charge in [0.1, 0.15) is 6.04 Å². The highest BCUT2D eigenvalue weighted by Crippen LogP contribution is 2.47. The van der Waals surface area contributed by atoms with Crippen LogP contribution in [0.2, 0.25) is 0 Å². The van der Waals surface area contributed by atoms with E-state index in [1.165, 1.54) is 28.0 Å². The largest absolute Gasteiger partial charge is 0.315 e. The van der Waals surface area contributed by atoms with Crippen molar-refractivity contribution in [3.05, 3.63) is 34.2 Å². The molecule has 2 aliphatic rings. The summed E-state index contributed by atoms with van der Waals surface area (Å²) in [6.45, 7) is 8.33. The van der Waals surface area contributed by atoms with Gasteiger partial charge in [0.05, 0.1) is 10.6 Å². The van der Waals surface area contributed by atoms with Gasteiger partial charge in [-0.3, -0.25) is 9.59 Å². The van der Waals surface area contributed by atoms with Crippen molar-refractivity contribution < 1.29 is 9.59 Å². The number of aromatic nitrogens is 1. The van der Waals surface area contributed by atoms with Gasteiger partial charge in [-0.05, 0) is 56.9 Å². The van der Waals surface area contributed by atoms with Gasteiger partial charge in [-0.1, -0.05) is 6.07 Å². The number of fused-ring (bicyclic) bond motifs is 1. The Kier molecular flexibility index (Phi) is 4.55. The van der Waals surface area contributed by atoms with E-state index in [4.69, 9.17) is 0 Å². The smallest absolute Gasteiger partial charge is 0.249 e. The number of nitrogens with zero attached hydrogens (tertiary/aromatic N) is 2. The molecule has 0 radical (unpaired) electrons. The van der Waals surface area contributed by atoms with Crippen LogP contribution in [0.4, 0.5) is 5.13 Å². The zero-order chi connectivity index (χ0) is 19.3. The molecule has 2 aromatic rings. The Morgan fingerprint density at radius 2 is 2.00 bits per heavy atom. The third kappa shape index (κ3) is 3.17. The zero-order valence-electron chi connectivity index (χ0n) is 16.0. The van der Waals surface area contributed by atoms with Crippen LogP contribution in [0.3, 0.4) is 0 Å². The van der Waals surface area contributed by atoms with Crippen molar-refractivity contribution in [3.8, 4) is 11.3 Å². The van der Waals surface area contributed by atoms with E-state index in [9.17, 15) is 9.59 Å². The molecular weight excluding hydrogens is 378 g/mol. The molecule has 5 nitrogen and oxygen atoms in total. The summed E-state index contributed by atoms with van der Waals surface area (Å²) >= 11 is 3.12. The molecule has 1 N–H and O–H groups in total. The van der Waals surface area contributed by atoms with Gasteiger partial charge in [-0.2, -0.15) is 0 Å². The maximum Gasteiger partial charge on any atom is 0.249 e. The summed E-state index contributed by atoms with van der Waals surface area (Å²) in [5.74, 6) is 0.579. The number of carbonyl (C=O) groups is 2. The predicted molar refractivity (Wildman–Crippen MR) is 111 cm³/mol. The number of hydrogen-bond acceptors (Lipinski definition) is 5. The van der Waals surface area contributed by atoms with Crippen molar-refractivity contribution in [2.24, 2.45) is 0 Å². The molecule has 0 unspecified atom stereocenters. The van der Waals surface area contributed by atoms with Crippen LogP contribution in [-0.2, 0) is 9.59 Å². The summed E-state index contributed by atoms with van der Waals surface area (Å²) in [4.78, 5) is 31.2. The molecule has 2 atom stereocenters. The Balaban J connectivity index is 1.53. The van der Waals surface area contributed by atoms with Gasteiger partial charge in [0.2, 0.25) is 11.8 Å². The number of carbonyl (C=O) groups excluding carboxylic acids is 2. The molecule has 0 spiro atoms. The molecule has 0 bridgehead atoms. The van der Waals surface area contributed by atoms with E-state index in [1.54, 1.807) is 16.7 Å². The molecule has 2 amide bonds. The number of thioether (sulfide) groups is 1. The van der Waals surface area contributed by atoms with Crippen LogP contribution in [0.1, 0.15) is 36.5 Å². The molecular formula is C20H23N3O2S2. The summed E-state index contributed by atoms with van der Waals surface area (Å²) in [7, 11) is 0. The maximum absolute atomic E-state index is 12.8. The minimum atomic E-state index is -0.411. The first-order chi connectivity index (χ1) is 12.8. The third-order valence-corrected chi connectivity index (χ3v) is 7.86. The first kappa shape index (κ1) is 18.5. The normalized spacial score (nSPS) is 24.4. The summed E-state index contributed by atoms with van der Waals surface area (Å²) in [6, 6.07) is 3.90. The second-order valence-electron chi connectivity index (χ2n) is 7.54. The fraction of sp³-hybridized carbons (Fsp3) is 0.450. The Morgan fingerprint density at radius 3 is 2.78 bits per heavy atom. The van der Waals surface area contributed by atoms with Crippen molar-refractivity contribution in [1.82, 2.24) is 9.88 Å². The number of aryl methyl sites for hydroxylation is 3. The first-order valence-corrected chi connectivity index (χ1v) is 11.0. The highest BCUT2D eigenvalue weighted by molar-refractivity contribution is 8.01. The van der Waals surface area contributed by atoms with Crippen molar-refractivity contribution in [2.75, 3.05) is 11.1 Å². The van der Waals surface area contributed by atoms with E-state index in [1.807, 2.05) is 5.38 Å². The number of hydrogen-bond donors (Lipinski definition) is 1. The molecule has 142 valence electrons. The van der Waals surface area contributed by atoms with Crippen molar-refractivity contribution in [1.29, 1.82) is 0 Å². The van der Waals surface area contributed by atoms with Gasteiger partial charge >= 0.3 is 0 Å². The average Bonchev–Trinajstić information content (AvgIpc) is 3.27. The van der Waals surface area contributed by atoms with Crippen LogP contribution in [-0.4, -0.2) is 38.4 Å². The van der Waals surface area contributed by atoms with E-state index in [0.29, 0.717) is 17.3 Å². The summed E-state index contributed by atoms with van der Waals surface area (Å²) in [6.07, 6.45) is 1.34. The molecule has 0 aliphatic carbocycles. The van der Waals surface area contributed by atoms with Crippen LogP contribution >= 0.6 is 23.1 Å². The second-order valence-corrected chi connectivity index (χ2v) is 9.90. The van der Waals surface area contributed by atoms with E-state index in [2.05, 4.69) is 50.1 Å². The zero-order valence-corrected chi connectivity index (χ0v) is 17.6. The van der Waals surface area contributed by atoms with Crippen molar-refractivity contribution in [3.63, 3.8) is 0 Å². The molecule has 0 saturated carbocycles. The second kappa shape index (κ2) is 6.63. The minimum Gasteiger partial charge on any atom is -0.315 e. The van der Waals surface area contributed by atoms with Crippen LogP contribution < -0.4 is 5.32 Å². The predicted octanol–water partition coefficient (Wildman–Crippen LogP) is 4.13. The quantitative estimate of drug-likeness (QED) is 0.840. The van der Waals surface area contributed by atoms with E-state index < -0.39 is 6.04 Å². The lowest BCUT2D eigenvalue weighted by Gasteiger charge is -2.29. The van der Waals surface area contributed by atoms with E-state index >= 15 is 0 Å². The number of rotatable bonds is 3. The molecule has 2 fully saturated rings. The lowest BCUT2D eigenvalue weighted by molar-refractivity contribution is -0.135. The summed E-state index contributed by atoms with van der Waals surface area (Å²) in [5, 5.41) is 5.49. The highest BCUT2D eigenvalue weighted by Gasteiger charge is 2.52. The van der Waals surface area contributed by atoms with Crippen LogP contribution in [0.5, 0.6) is 0 Å².